The van der Waals surface area contributed by atoms with E-state index in [1.54, 1.807) is 0 Å². The molecule has 2 aromatic heterocycles. The van der Waals surface area contributed by atoms with Crippen LogP contribution in [0.2, 0.25) is 0 Å². The van der Waals surface area contributed by atoms with Gasteiger partial charge in [-0.3, -0.25) is 27.7 Å². The van der Waals surface area contributed by atoms with E-state index in [-0.39, 0.29) is 42.5 Å². The number of anilines is 1. The van der Waals surface area contributed by atoms with Crippen LogP contribution in [-0.4, -0.2) is 141 Å². The van der Waals surface area contributed by atoms with Crippen LogP contribution in [0.4, 0.5) is 5.82 Å². The molecule has 3 unspecified atom stereocenters. The number of nitrogens with one attached hydrogen (secondary N) is 2. The molecule has 0 bridgehead atoms. The molecule has 1 saturated heterocycles. The second kappa shape index (κ2) is 20.1. The zero-order valence-corrected chi connectivity index (χ0v) is 32.0. The van der Waals surface area contributed by atoms with Gasteiger partial charge in [0.15, 0.2) is 17.7 Å². The van der Waals surface area contributed by atoms with Crippen LogP contribution >= 0.6 is 36.1 Å². The molecule has 0 aliphatic carbocycles. The summed E-state index contributed by atoms with van der Waals surface area (Å²) < 4.78 is 61.7. The molecule has 12 N–H and O–H groups in total. The molecule has 0 saturated carbocycles. The number of aliphatic hydroxyl groups excluding tert-OH is 4. The molecule has 1 fully saturated rings. The number of phosphoric ester groups is 3. The number of hydrogen-bond acceptors (Lipinski definition) is 19. The van der Waals surface area contributed by atoms with Crippen molar-refractivity contribution in [2.24, 2.45) is 5.41 Å². The van der Waals surface area contributed by atoms with Gasteiger partial charge in [-0.2, -0.15) is 16.9 Å². The van der Waals surface area contributed by atoms with Crippen LogP contribution in [0.15, 0.2) is 12.7 Å². The average Bonchev–Trinajstić information content (AvgIpc) is 3.61. The van der Waals surface area contributed by atoms with Crippen LogP contribution in [0, 0.1) is 5.41 Å². The van der Waals surface area contributed by atoms with Gasteiger partial charge in [-0.05, 0) is 6.92 Å². The summed E-state index contributed by atoms with van der Waals surface area (Å²) in [5.41, 5.74) is 4.30. The number of carbonyl (C=O) groups excluding carboxylic acids is 2. The van der Waals surface area contributed by atoms with Crippen molar-refractivity contribution < 1.29 is 85.9 Å². The molecule has 0 radical (unpaired) electrons. The van der Waals surface area contributed by atoms with Gasteiger partial charge in [-0.1, -0.05) is 13.8 Å². The number of nitrogen functional groups attached to an aromatic ring is 1. The molecule has 1 aliphatic heterocycles. The van der Waals surface area contributed by atoms with Gasteiger partial charge in [-0.25, -0.2) is 28.6 Å². The van der Waals surface area contributed by atoms with E-state index in [1.165, 1.54) is 20.8 Å². The second-order valence-electron chi connectivity index (χ2n) is 11.8. The predicted molar refractivity (Wildman–Crippen MR) is 182 cm³/mol. The summed E-state index contributed by atoms with van der Waals surface area (Å²) in [6.45, 7) is 2.11. The van der Waals surface area contributed by atoms with E-state index in [2.05, 4.69) is 47.0 Å². The van der Waals surface area contributed by atoms with E-state index in [4.69, 9.17) is 29.7 Å². The first-order valence-corrected chi connectivity index (χ1v) is 20.4. The Morgan fingerprint density at radius 2 is 1.70 bits per heavy atom. The number of hydrogen-bond donors (Lipinski definition) is 12. The fourth-order valence-electron chi connectivity index (χ4n) is 4.14. The normalized spacial score (nSPS) is 22.6. The van der Waals surface area contributed by atoms with Crippen molar-refractivity contribution in [2.75, 3.05) is 44.4 Å². The Kier molecular flexibility index (Phi) is 17.8. The zero-order valence-electron chi connectivity index (χ0n) is 28.4. The lowest BCUT2D eigenvalue weighted by Crippen LogP contribution is -2.46. The molecule has 3 rings (SSSR count). The first-order valence-electron chi connectivity index (χ1n) is 15.2. The maximum Gasteiger partial charge on any atom is 0.481 e. The third-order valence-electron chi connectivity index (χ3n) is 6.78. The number of rotatable bonds is 19. The number of fused-ring (bicyclic) bond motifs is 1. The molecule has 0 aromatic carbocycles. The van der Waals surface area contributed by atoms with Gasteiger partial charge in [0.2, 0.25) is 11.8 Å². The SMILES string of the molecule is CC(C)(COP(=O)(O)OP(=O)(O)OC[C@H]1O[C@@H](n2cnc3c(N)ncnc32)[C@H](O)[C@@H]1OP(=O)(O)O)[C@@H](O)C(=O)NCCC(=O)NCCS.CC(O)CO. The standard InChI is InChI=1S/C21H36N7O16P3S.C3H8O2/c1-21(2,16(31)19(32)24-4-3-12(29)23-5-6-48)8-41-47(38,39)44-46(36,37)40-7-11-15(43-45(33,34)35)14(30)20(42-11)28-10-27-13-17(22)25-9-26-18(13)28;1-3(5)2-4/h9-11,14-16,20,30-31,48H,3-8H2,1-2H3,(H,23,29)(H,24,32)(H,36,37)(H,38,39)(H2,22,25,26)(H2,33,34,35);3-5H,2H2,1H3/t11-,14-,15-,16+,20-;/m1./s1. The zero-order chi connectivity index (χ0) is 40.4. The number of aromatic nitrogens is 4. The maximum atomic E-state index is 12.6. The lowest BCUT2D eigenvalue weighted by molar-refractivity contribution is -0.137. The van der Waals surface area contributed by atoms with Crippen molar-refractivity contribution in [3.05, 3.63) is 12.7 Å². The fraction of sp³-hybridized carbons (Fsp3) is 0.708. The van der Waals surface area contributed by atoms with E-state index in [0.29, 0.717) is 12.3 Å². The molecule has 53 heavy (non-hydrogen) atoms. The van der Waals surface area contributed by atoms with E-state index >= 15 is 0 Å². The predicted octanol–water partition coefficient (Wildman–Crippen LogP) is -2.31. The number of nitrogens with zero attached hydrogens (tertiary/aromatic N) is 4. The molecule has 1 aliphatic rings. The lowest BCUT2D eigenvalue weighted by atomic mass is 9.87. The molecule has 2 amide bonds. The third-order valence-corrected chi connectivity index (χ3v) is 10.1. The molecule has 0 spiro atoms. The van der Waals surface area contributed by atoms with Gasteiger partial charge in [0.25, 0.3) is 0 Å². The quantitative estimate of drug-likeness (QED) is 0.0522. The number of aliphatic hydroxyl groups is 4. The molecule has 25 nitrogen and oxygen atoms in total. The number of thiol groups is 1. The maximum absolute atomic E-state index is 12.6. The lowest BCUT2D eigenvalue weighted by Gasteiger charge is -2.30. The minimum absolute atomic E-state index is 0.0363. The second-order valence-corrected chi connectivity index (χ2v) is 16.5. The number of phosphoric acid groups is 3. The van der Waals surface area contributed by atoms with Crippen molar-refractivity contribution in [1.29, 1.82) is 0 Å². The third kappa shape index (κ3) is 15.1. The van der Waals surface area contributed by atoms with Crippen LogP contribution in [0.1, 0.15) is 33.4 Å². The van der Waals surface area contributed by atoms with Gasteiger partial charge >= 0.3 is 23.5 Å². The topological polar surface area (TPSA) is 387 Å². The van der Waals surface area contributed by atoms with Crippen molar-refractivity contribution in [3.63, 3.8) is 0 Å². The molecule has 8 atom stereocenters. The molecule has 3 heterocycles. The first kappa shape index (κ1) is 47.0. The Labute approximate surface area is 307 Å². The summed E-state index contributed by atoms with van der Waals surface area (Å²) in [6, 6.07) is 0. The molecular weight excluding hydrogens is 799 g/mol. The van der Waals surface area contributed by atoms with Crippen molar-refractivity contribution >= 4 is 64.9 Å². The summed E-state index contributed by atoms with van der Waals surface area (Å²) in [5.74, 6) is -0.943. The van der Waals surface area contributed by atoms with Crippen LogP contribution in [0.25, 0.3) is 11.2 Å². The Morgan fingerprint density at radius 1 is 1.08 bits per heavy atom. The van der Waals surface area contributed by atoms with Crippen LogP contribution < -0.4 is 16.4 Å². The summed E-state index contributed by atoms with van der Waals surface area (Å²) in [5, 5.41) is 42.1. The van der Waals surface area contributed by atoms with Gasteiger partial charge in [0, 0.05) is 30.7 Å². The largest absolute Gasteiger partial charge is 0.481 e. The summed E-state index contributed by atoms with van der Waals surface area (Å²) >= 11 is 3.95. The Balaban J connectivity index is 0.00000181. The highest BCUT2D eigenvalue weighted by atomic mass is 32.1. The van der Waals surface area contributed by atoms with Gasteiger partial charge in [0.1, 0.15) is 36.3 Å². The number of nitrogens with two attached hydrogens (primary N) is 1. The van der Waals surface area contributed by atoms with Gasteiger partial charge < -0.3 is 61.1 Å². The number of imidazole rings is 1. The van der Waals surface area contributed by atoms with Crippen LogP contribution in [-0.2, 0) is 45.9 Å². The van der Waals surface area contributed by atoms with Gasteiger partial charge in [-0.15, -0.1) is 0 Å². The van der Waals surface area contributed by atoms with Crippen molar-refractivity contribution in [3.8, 4) is 0 Å². The fourth-order valence-corrected chi connectivity index (χ4v) is 7.08. The minimum atomic E-state index is -5.54. The van der Waals surface area contributed by atoms with E-state index in [9.17, 15) is 53.1 Å². The molecule has 2 aromatic rings. The highest BCUT2D eigenvalue weighted by Gasteiger charge is 2.50. The smallest absolute Gasteiger partial charge is 0.394 e. The first-order chi connectivity index (χ1) is 24.4. The monoisotopic (exact) mass is 843 g/mol. The van der Waals surface area contributed by atoms with E-state index < -0.39 is 84.8 Å². The number of ether oxygens (including phenoxy) is 1. The summed E-state index contributed by atoms with van der Waals surface area (Å²) in [6.07, 6.45) is -7.30. The molecule has 29 heteroatoms. The molecular formula is C24H44N7O18P3S. The Hall–Kier alpha value is -2.19. The number of carbonyl (C=O) groups is 2. The van der Waals surface area contributed by atoms with Crippen LogP contribution in [0.3, 0.4) is 0 Å². The Morgan fingerprint density at radius 3 is 2.28 bits per heavy atom. The van der Waals surface area contributed by atoms with Gasteiger partial charge in [0.05, 0.1) is 32.3 Å². The molecule has 304 valence electrons. The Bertz CT molecular complexity index is 1660. The van der Waals surface area contributed by atoms with Crippen molar-refractivity contribution in [2.45, 2.75) is 63.9 Å². The van der Waals surface area contributed by atoms with E-state index in [1.807, 2.05) is 0 Å². The average molecular weight is 844 g/mol. The van der Waals surface area contributed by atoms with E-state index in [0.717, 1.165) is 17.2 Å². The minimum Gasteiger partial charge on any atom is -0.394 e. The highest BCUT2D eigenvalue weighted by Crippen LogP contribution is 2.61. The highest BCUT2D eigenvalue weighted by molar-refractivity contribution is 7.80. The van der Waals surface area contributed by atoms with Crippen molar-refractivity contribution in [1.82, 2.24) is 30.2 Å². The van der Waals surface area contributed by atoms with Crippen LogP contribution in [0.5, 0.6) is 0 Å². The summed E-state index contributed by atoms with van der Waals surface area (Å²) in [7, 11) is -16.3. The summed E-state index contributed by atoms with van der Waals surface area (Å²) in [4.78, 5) is 74.6. The number of amides is 2.